The highest BCUT2D eigenvalue weighted by molar-refractivity contribution is 8.18. The Kier molecular flexibility index (Phi) is 6.25. The van der Waals surface area contributed by atoms with Gasteiger partial charge in [0.2, 0.25) is 0 Å². The number of carbonyl (C=O) groups excluding carboxylic acids is 2. The average Bonchev–Trinajstić information content (AvgIpc) is 3.42. The number of hydrogen-bond donors (Lipinski definition) is 0. The Balaban J connectivity index is 1.44. The van der Waals surface area contributed by atoms with Crippen LogP contribution >= 0.6 is 23.4 Å². The molecule has 0 atom stereocenters. The molecule has 31 heavy (non-hydrogen) atoms. The van der Waals surface area contributed by atoms with Gasteiger partial charge in [-0.05, 0) is 79.7 Å². The summed E-state index contributed by atoms with van der Waals surface area (Å²) in [5, 5.41) is 0.326. The van der Waals surface area contributed by atoms with Crippen molar-refractivity contribution in [2.24, 2.45) is 0 Å². The number of furan rings is 1. The molecule has 8 heteroatoms. The van der Waals surface area contributed by atoms with Crippen LogP contribution < -0.4 is 4.74 Å². The van der Waals surface area contributed by atoms with E-state index in [0.717, 1.165) is 34.5 Å². The highest BCUT2D eigenvalue weighted by atomic mass is 35.5. The topological polar surface area (TPSA) is 64.7 Å². The van der Waals surface area contributed by atoms with E-state index in [1.54, 1.807) is 36.6 Å². The van der Waals surface area contributed by atoms with Crippen LogP contribution in [0.15, 0.2) is 58.1 Å². The number of hydrogen-bond acceptors (Lipinski definition) is 5. The highest BCUT2D eigenvalue weighted by Crippen LogP contribution is 2.33. The number of imide groups is 1. The molecule has 3 aromatic rings. The molecule has 0 aliphatic carbocycles. The standard InChI is InChI=1S/C23H21ClN2O4S/c1-15-12-17(16(2)26(15)14-20-4-3-10-29-20)13-21-22(27)25(23(28)31-21)9-11-30-19-7-5-18(24)6-8-19/h3-8,10,12-13H,9,11,14H2,1-2H3/b21-13-. The second-order valence-electron chi connectivity index (χ2n) is 7.13. The van der Waals surface area contributed by atoms with Crippen molar-refractivity contribution in [1.82, 2.24) is 9.47 Å². The fourth-order valence-corrected chi connectivity index (χ4v) is 4.38. The Labute approximate surface area is 189 Å². The first kappa shape index (κ1) is 21.3. The van der Waals surface area contributed by atoms with Gasteiger partial charge in [0.25, 0.3) is 11.1 Å². The number of thioether (sulfide) groups is 1. The van der Waals surface area contributed by atoms with E-state index >= 15 is 0 Å². The van der Waals surface area contributed by atoms with Gasteiger partial charge < -0.3 is 13.7 Å². The van der Waals surface area contributed by atoms with Crippen LogP contribution in [0.25, 0.3) is 6.08 Å². The number of aromatic nitrogens is 1. The zero-order valence-electron chi connectivity index (χ0n) is 17.1. The molecule has 1 aliphatic rings. The molecule has 1 aliphatic heterocycles. The Hall–Kier alpha value is -2.90. The number of halogens is 1. The van der Waals surface area contributed by atoms with E-state index in [2.05, 4.69) is 4.57 Å². The molecule has 0 spiro atoms. The molecule has 1 saturated heterocycles. The van der Waals surface area contributed by atoms with Gasteiger partial charge in [-0.3, -0.25) is 14.5 Å². The molecule has 160 valence electrons. The van der Waals surface area contributed by atoms with Crippen LogP contribution in [0.3, 0.4) is 0 Å². The largest absolute Gasteiger partial charge is 0.492 e. The van der Waals surface area contributed by atoms with Crippen molar-refractivity contribution in [2.45, 2.75) is 20.4 Å². The van der Waals surface area contributed by atoms with E-state index in [0.29, 0.717) is 22.2 Å². The predicted octanol–water partition coefficient (Wildman–Crippen LogP) is 5.51. The van der Waals surface area contributed by atoms with Gasteiger partial charge in [-0.1, -0.05) is 11.6 Å². The summed E-state index contributed by atoms with van der Waals surface area (Å²) in [6.07, 6.45) is 3.43. The number of aryl methyl sites for hydroxylation is 1. The van der Waals surface area contributed by atoms with Gasteiger partial charge in [0.05, 0.1) is 24.3 Å². The molecule has 4 rings (SSSR count). The summed E-state index contributed by atoms with van der Waals surface area (Å²) < 4.78 is 13.2. The van der Waals surface area contributed by atoms with Crippen LogP contribution in [0.4, 0.5) is 4.79 Å². The molecule has 1 aromatic carbocycles. The molecule has 1 fully saturated rings. The van der Waals surface area contributed by atoms with Crippen molar-refractivity contribution < 1.29 is 18.7 Å². The van der Waals surface area contributed by atoms with E-state index in [4.69, 9.17) is 20.8 Å². The first-order valence-corrected chi connectivity index (χ1v) is 10.9. The summed E-state index contributed by atoms with van der Waals surface area (Å²) in [6.45, 7) is 5.01. The molecular weight excluding hydrogens is 436 g/mol. The first-order chi connectivity index (χ1) is 14.9. The maximum atomic E-state index is 12.8. The number of carbonyl (C=O) groups is 2. The van der Waals surface area contributed by atoms with E-state index in [1.807, 2.05) is 32.0 Å². The maximum absolute atomic E-state index is 12.8. The van der Waals surface area contributed by atoms with E-state index < -0.39 is 0 Å². The molecule has 3 heterocycles. The van der Waals surface area contributed by atoms with Gasteiger partial charge in [0.1, 0.15) is 18.1 Å². The predicted molar refractivity (Wildman–Crippen MR) is 121 cm³/mol. The van der Waals surface area contributed by atoms with Crippen molar-refractivity contribution in [3.05, 3.63) is 81.4 Å². The van der Waals surface area contributed by atoms with Crippen molar-refractivity contribution in [1.29, 1.82) is 0 Å². The Morgan fingerprint density at radius 1 is 1.16 bits per heavy atom. The maximum Gasteiger partial charge on any atom is 0.293 e. The molecular formula is C23H21ClN2O4S. The van der Waals surface area contributed by atoms with Crippen molar-refractivity contribution in [3.8, 4) is 5.75 Å². The van der Waals surface area contributed by atoms with E-state index in [-0.39, 0.29) is 24.3 Å². The summed E-state index contributed by atoms with van der Waals surface area (Å²) in [4.78, 5) is 26.8. The monoisotopic (exact) mass is 456 g/mol. The minimum Gasteiger partial charge on any atom is -0.492 e. The smallest absolute Gasteiger partial charge is 0.293 e. The summed E-state index contributed by atoms with van der Waals surface area (Å²) in [5.74, 6) is 1.19. The normalized spacial score (nSPS) is 15.3. The Morgan fingerprint density at radius 2 is 1.94 bits per heavy atom. The van der Waals surface area contributed by atoms with Crippen LogP contribution in [0.5, 0.6) is 5.75 Å². The average molecular weight is 457 g/mol. The van der Waals surface area contributed by atoms with Gasteiger partial charge >= 0.3 is 0 Å². The van der Waals surface area contributed by atoms with Gasteiger partial charge in [-0.25, -0.2) is 0 Å². The second-order valence-corrected chi connectivity index (χ2v) is 8.56. The lowest BCUT2D eigenvalue weighted by Crippen LogP contribution is -2.32. The molecule has 0 saturated carbocycles. The summed E-state index contributed by atoms with van der Waals surface area (Å²) in [6, 6.07) is 12.7. The minimum absolute atomic E-state index is 0.183. The van der Waals surface area contributed by atoms with E-state index in [9.17, 15) is 9.59 Å². The van der Waals surface area contributed by atoms with Crippen LogP contribution in [-0.4, -0.2) is 33.8 Å². The minimum atomic E-state index is -0.300. The van der Waals surface area contributed by atoms with Crippen LogP contribution in [-0.2, 0) is 11.3 Å². The molecule has 0 unspecified atom stereocenters. The zero-order chi connectivity index (χ0) is 22.0. The SMILES string of the molecule is Cc1cc(/C=C2\SC(=O)N(CCOc3ccc(Cl)cc3)C2=O)c(C)n1Cc1ccco1. The number of benzene rings is 1. The molecule has 0 radical (unpaired) electrons. The highest BCUT2D eigenvalue weighted by Gasteiger charge is 2.35. The summed E-state index contributed by atoms with van der Waals surface area (Å²) >= 11 is 6.81. The van der Waals surface area contributed by atoms with Crippen molar-refractivity contribution in [3.63, 3.8) is 0 Å². The third-order valence-corrected chi connectivity index (χ3v) is 6.22. The molecule has 2 aromatic heterocycles. The number of nitrogens with zero attached hydrogens (tertiary/aromatic N) is 2. The fourth-order valence-electron chi connectivity index (χ4n) is 3.40. The lowest BCUT2D eigenvalue weighted by molar-refractivity contribution is -0.123. The molecule has 6 nitrogen and oxygen atoms in total. The lowest BCUT2D eigenvalue weighted by atomic mass is 10.2. The quantitative estimate of drug-likeness (QED) is 0.438. The molecule has 0 N–H and O–H groups in total. The third-order valence-electron chi connectivity index (χ3n) is 5.06. The number of amides is 2. The summed E-state index contributed by atoms with van der Waals surface area (Å²) in [5.41, 5.74) is 2.97. The van der Waals surface area contributed by atoms with Gasteiger partial charge in [-0.15, -0.1) is 0 Å². The Morgan fingerprint density at radius 3 is 2.65 bits per heavy atom. The number of ether oxygens (including phenoxy) is 1. The van der Waals surface area contributed by atoms with Crippen LogP contribution in [0.2, 0.25) is 5.02 Å². The van der Waals surface area contributed by atoms with Crippen LogP contribution in [0.1, 0.15) is 22.7 Å². The third kappa shape index (κ3) is 4.73. The molecule has 2 amide bonds. The second kappa shape index (κ2) is 9.08. The fraction of sp³-hybridized carbons (Fsp3) is 0.217. The van der Waals surface area contributed by atoms with E-state index in [1.165, 1.54) is 4.90 Å². The van der Waals surface area contributed by atoms with Crippen LogP contribution in [0, 0.1) is 13.8 Å². The summed E-state index contributed by atoms with van der Waals surface area (Å²) in [7, 11) is 0. The zero-order valence-corrected chi connectivity index (χ0v) is 18.7. The van der Waals surface area contributed by atoms with Gasteiger partial charge in [-0.2, -0.15) is 0 Å². The van der Waals surface area contributed by atoms with Crippen molar-refractivity contribution >= 4 is 40.6 Å². The van der Waals surface area contributed by atoms with Crippen molar-refractivity contribution in [2.75, 3.05) is 13.2 Å². The van der Waals surface area contributed by atoms with Gasteiger partial charge in [0.15, 0.2) is 0 Å². The molecule has 0 bridgehead atoms. The Bertz CT molecular complexity index is 1130. The van der Waals surface area contributed by atoms with Gasteiger partial charge in [0, 0.05) is 16.4 Å². The first-order valence-electron chi connectivity index (χ1n) is 9.75. The number of rotatable bonds is 7. The lowest BCUT2D eigenvalue weighted by Gasteiger charge is -2.13.